The van der Waals surface area contributed by atoms with Gasteiger partial charge in [0, 0.05) is 13.0 Å². The number of hydrogen-bond donors (Lipinski definition) is 2. The molecule has 0 unspecified atom stereocenters. The molecule has 1 amide bonds. The Kier molecular flexibility index (Phi) is 6.44. The molecule has 27 heavy (non-hydrogen) atoms. The van der Waals surface area contributed by atoms with Crippen LogP contribution in [0.25, 0.3) is 0 Å². The van der Waals surface area contributed by atoms with E-state index >= 15 is 0 Å². The minimum absolute atomic E-state index is 0.201. The molecule has 0 aliphatic carbocycles. The van der Waals surface area contributed by atoms with E-state index in [4.69, 9.17) is 9.47 Å². The van der Waals surface area contributed by atoms with Gasteiger partial charge in [-0.05, 0) is 36.1 Å². The van der Waals surface area contributed by atoms with Crippen molar-refractivity contribution in [1.82, 2.24) is 5.32 Å². The van der Waals surface area contributed by atoms with Crippen molar-refractivity contribution in [3.8, 4) is 5.75 Å². The van der Waals surface area contributed by atoms with E-state index in [9.17, 15) is 14.7 Å². The summed E-state index contributed by atoms with van der Waals surface area (Å²) in [4.78, 5) is 23.6. The number of aliphatic carboxylic acids is 1. The maximum Gasteiger partial charge on any atom is 0.326 e. The zero-order chi connectivity index (χ0) is 19.1. The van der Waals surface area contributed by atoms with Crippen molar-refractivity contribution in [2.24, 2.45) is 0 Å². The molecular weight excluding hydrogens is 346 g/mol. The Bertz CT molecular complexity index is 754. The third-order valence-corrected chi connectivity index (χ3v) is 4.45. The van der Waals surface area contributed by atoms with Crippen molar-refractivity contribution in [3.63, 3.8) is 0 Å². The highest BCUT2D eigenvalue weighted by atomic mass is 16.5. The predicted molar refractivity (Wildman–Crippen MR) is 99.5 cm³/mol. The van der Waals surface area contributed by atoms with Crippen molar-refractivity contribution >= 4 is 11.9 Å². The second-order valence-electron chi connectivity index (χ2n) is 6.52. The third kappa shape index (κ3) is 5.56. The molecule has 6 heteroatoms. The number of amides is 1. The number of carboxylic acids is 1. The van der Waals surface area contributed by atoms with Crippen LogP contribution in [0.1, 0.15) is 24.0 Å². The van der Waals surface area contributed by atoms with E-state index in [2.05, 4.69) is 5.32 Å². The maximum absolute atomic E-state index is 12.1. The van der Waals surface area contributed by atoms with Gasteiger partial charge in [0.05, 0.1) is 0 Å². The summed E-state index contributed by atoms with van der Waals surface area (Å²) < 4.78 is 11.0. The summed E-state index contributed by atoms with van der Waals surface area (Å²) in [5.41, 5.74) is 1.88. The molecule has 1 fully saturated rings. The van der Waals surface area contributed by atoms with E-state index in [1.807, 2.05) is 42.5 Å². The molecule has 1 aliphatic rings. The smallest absolute Gasteiger partial charge is 0.326 e. The predicted octanol–water partition coefficient (Wildman–Crippen LogP) is 2.56. The van der Waals surface area contributed by atoms with Crippen LogP contribution in [0, 0.1) is 0 Å². The van der Waals surface area contributed by atoms with Crippen LogP contribution in [-0.2, 0) is 27.4 Å². The first-order valence-electron chi connectivity index (χ1n) is 9.02. The fourth-order valence-corrected chi connectivity index (χ4v) is 2.95. The fraction of sp³-hybridized carbons (Fsp3) is 0.333. The highest BCUT2D eigenvalue weighted by molar-refractivity contribution is 5.86. The maximum atomic E-state index is 12.1. The molecule has 0 aromatic heterocycles. The fourth-order valence-electron chi connectivity index (χ4n) is 2.95. The number of benzene rings is 2. The number of carbonyl (C=O) groups excluding carboxylic acids is 1. The van der Waals surface area contributed by atoms with Gasteiger partial charge in [-0.1, -0.05) is 42.5 Å². The lowest BCUT2D eigenvalue weighted by molar-refractivity contribution is -0.143. The molecule has 3 rings (SSSR count). The van der Waals surface area contributed by atoms with Crippen LogP contribution in [0.4, 0.5) is 0 Å². The Labute approximate surface area is 158 Å². The quantitative estimate of drug-likeness (QED) is 0.747. The summed E-state index contributed by atoms with van der Waals surface area (Å²) in [5, 5.41) is 12.0. The average Bonchev–Trinajstić information content (AvgIpc) is 3.22. The lowest BCUT2D eigenvalue weighted by Crippen LogP contribution is -2.46. The van der Waals surface area contributed by atoms with Gasteiger partial charge in [-0.15, -0.1) is 0 Å². The van der Waals surface area contributed by atoms with Crippen LogP contribution in [0.2, 0.25) is 0 Å². The van der Waals surface area contributed by atoms with E-state index in [0.29, 0.717) is 25.4 Å². The summed E-state index contributed by atoms with van der Waals surface area (Å²) >= 11 is 0. The zero-order valence-corrected chi connectivity index (χ0v) is 15.0. The van der Waals surface area contributed by atoms with Crippen LogP contribution >= 0.6 is 0 Å². The summed E-state index contributed by atoms with van der Waals surface area (Å²) in [5.74, 6) is -0.716. The van der Waals surface area contributed by atoms with Gasteiger partial charge in [0.2, 0.25) is 5.91 Å². The van der Waals surface area contributed by atoms with Crippen LogP contribution in [0.15, 0.2) is 54.6 Å². The summed E-state index contributed by atoms with van der Waals surface area (Å²) in [6.07, 6.45) is 1.11. The number of rotatable bonds is 8. The summed E-state index contributed by atoms with van der Waals surface area (Å²) in [6.45, 7) is 1.01. The topological polar surface area (TPSA) is 84.9 Å². The van der Waals surface area contributed by atoms with Crippen molar-refractivity contribution in [2.45, 2.75) is 38.0 Å². The summed E-state index contributed by atoms with van der Waals surface area (Å²) in [7, 11) is 0. The molecule has 1 saturated heterocycles. The standard InChI is InChI=1S/C21H23NO5/c23-20(19-7-4-12-26-19)22-18(21(24)25)13-15-8-10-17(11-9-15)27-14-16-5-2-1-3-6-16/h1-3,5-6,8-11,18-19H,4,7,12-14H2,(H,22,23)(H,24,25)/t18-,19-/m1/s1. The largest absolute Gasteiger partial charge is 0.489 e. The Morgan fingerprint density at radius 2 is 1.85 bits per heavy atom. The highest BCUT2D eigenvalue weighted by Crippen LogP contribution is 2.16. The SMILES string of the molecule is O=C(O)[C@@H](Cc1ccc(OCc2ccccc2)cc1)NC(=O)[C@H]1CCCO1. The van der Waals surface area contributed by atoms with Crippen molar-refractivity contribution in [1.29, 1.82) is 0 Å². The molecule has 6 nitrogen and oxygen atoms in total. The minimum atomic E-state index is -1.06. The second kappa shape index (κ2) is 9.19. The molecule has 2 aromatic rings. The Morgan fingerprint density at radius 3 is 2.48 bits per heavy atom. The van der Waals surface area contributed by atoms with Gasteiger partial charge in [0.15, 0.2) is 0 Å². The van der Waals surface area contributed by atoms with Gasteiger partial charge in [0.25, 0.3) is 0 Å². The van der Waals surface area contributed by atoms with Crippen LogP contribution < -0.4 is 10.1 Å². The Morgan fingerprint density at radius 1 is 1.11 bits per heavy atom. The van der Waals surface area contributed by atoms with Gasteiger partial charge in [0.1, 0.15) is 24.5 Å². The first kappa shape index (κ1) is 18.9. The van der Waals surface area contributed by atoms with E-state index in [0.717, 1.165) is 17.5 Å². The monoisotopic (exact) mass is 369 g/mol. The molecule has 2 N–H and O–H groups in total. The zero-order valence-electron chi connectivity index (χ0n) is 15.0. The Hall–Kier alpha value is -2.86. The molecule has 0 saturated carbocycles. The normalized spacial score (nSPS) is 17.3. The summed E-state index contributed by atoms with van der Waals surface area (Å²) in [6, 6.07) is 16.1. The average molecular weight is 369 g/mol. The molecule has 0 radical (unpaired) electrons. The molecule has 0 bridgehead atoms. The van der Waals surface area contributed by atoms with E-state index in [-0.39, 0.29) is 12.3 Å². The molecule has 1 aliphatic heterocycles. The number of hydrogen-bond acceptors (Lipinski definition) is 4. The van der Waals surface area contributed by atoms with E-state index in [1.165, 1.54) is 0 Å². The van der Waals surface area contributed by atoms with Crippen LogP contribution in [-0.4, -0.2) is 35.7 Å². The lowest BCUT2D eigenvalue weighted by Gasteiger charge is -2.17. The number of carbonyl (C=O) groups is 2. The molecule has 2 aromatic carbocycles. The highest BCUT2D eigenvalue weighted by Gasteiger charge is 2.28. The molecule has 142 valence electrons. The molecule has 0 spiro atoms. The third-order valence-electron chi connectivity index (χ3n) is 4.45. The van der Waals surface area contributed by atoms with Crippen molar-refractivity contribution in [3.05, 3.63) is 65.7 Å². The molecular formula is C21H23NO5. The lowest BCUT2D eigenvalue weighted by atomic mass is 10.1. The van der Waals surface area contributed by atoms with E-state index < -0.39 is 18.1 Å². The number of carboxylic acid groups (broad SMARTS) is 1. The number of nitrogens with one attached hydrogen (secondary N) is 1. The molecule has 1 heterocycles. The first-order valence-corrected chi connectivity index (χ1v) is 9.02. The van der Waals surface area contributed by atoms with Gasteiger partial charge in [-0.2, -0.15) is 0 Å². The second-order valence-corrected chi connectivity index (χ2v) is 6.52. The van der Waals surface area contributed by atoms with Gasteiger partial charge in [-0.25, -0.2) is 4.79 Å². The number of ether oxygens (including phenoxy) is 2. The minimum Gasteiger partial charge on any atom is -0.489 e. The van der Waals surface area contributed by atoms with Crippen molar-refractivity contribution < 1.29 is 24.2 Å². The Balaban J connectivity index is 1.54. The van der Waals surface area contributed by atoms with Crippen molar-refractivity contribution in [2.75, 3.05) is 6.61 Å². The van der Waals surface area contributed by atoms with Gasteiger partial charge < -0.3 is 19.9 Å². The van der Waals surface area contributed by atoms with Crippen LogP contribution in [0.3, 0.4) is 0 Å². The van der Waals surface area contributed by atoms with Crippen LogP contribution in [0.5, 0.6) is 5.75 Å². The first-order chi connectivity index (χ1) is 13.1. The van der Waals surface area contributed by atoms with Gasteiger partial charge >= 0.3 is 5.97 Å². The molecule has 2 atom stereocenters. The van der Waals surface area contributed by atoms with E-state index in [1.54, 1.807) is 12.1 Å². The van der Waals surface area contributed by atoms with Gasteiger partial charge in [-0.3, -0.25) is 4.79 Å².